The Morgan fingerprint density at radius 2 is 1.64 bits per heavy atom. The highest BCUT2D eigenvalue weighted by Crippen LogP contribution is 2.43. The van der Waals surface area contributed by atoms with Gasteiger partial charge in [0.15, 0.2) is 0 Å². The molecule has 1 aliphatic heterocycles. The Bertz CT molecular complexity index is 815. The maximum atomic E-state index is 12.7. The van der Waals surface area contributed by atoms with Gasteiger partial charge in [-0.15, -0.1) is 23.5 Å². The summed E-state index contributed by atoms with van der Waals surface area (Å²) in [5.41, 5.74) is 2.37. The first-order valence-corrected chi connectivity index (χ1v) is 11.7. The molecule has 146 valence electrons. The van der Waals surface area contributed by atoms with E-state index in [2.05, 4.69) is 5.32 Å². The molecule has 1 aliphatic carbocycles. The topological polar surface area (TPSA) is 55.4 Å². The van der Waals surface area contributed by atoms with Crippen molar-refractivity contribution < 1.29 is 14.3 Å². The van der Waals surface area contributed by atoms with Crippen LogP contribution in [0.5, 0.6) is 0 Å². The van der Waals surface area contributed by atoms with E-state index in [-0.39, 0.29) is 11.9 Å². The highest BCUT2D eigenvalue weighted by atomic mass is 32.2. The molecule has 1 N–H and O–H groups in total. The number of hydrogen-bond acceptors (Lipinski definition) is 5. The van der Waals surface area contributed by atoms with Crippen LogP contribution in [0.3, 0.4) is 0 Å². The zero-order valence-electron chi connectivity index (χ0n) is 15.5. The molecule has 6 heteroatoms. The summed E-state index contributed by atoms with van der Waals surface area (Å²) in [6, 6.07) is 17.0. The van der Waals surface area contributed by atoms with Gasteiger partial charge in [0.05, 0.1) is 10.1 Å². The molecule has 2 aromatic carbocycles. The third-order valence-electron chi connectivity index (χ3n) is 4.73. The van der Waals surface area contributed by atoms with E-state index in [0.29, 0.717) is 15.7 Å². The Balaban J connectivity index is 1.46. The first kappa shape index (κ1) is 19.4. The van der Waals surface area contributed by atoms with Crippen LogP contribution < -0.4 is 5.32 Å². The minimum Gasteiger partial charge on any atom is -0.444 e. The molecule has 0 aromatic heterocycles. The largest absolute Gasteiger partial charge is 0.444 e. The molecule has 4 rings (SSSR count). The van der Waals surface area contributed by atoms with Gasteiger partial charge in [-0.1, -0.05) is 42.5 Å². The quantitative estimate of drug-likeness (QED) is 0.694. The summed E-state index contributed by atoms with van der Waals surface area (Å²) in [5, 5.41) is 2.94. The van der Waals surface area contributed by atoms with Gasteiger partial charge in [0.2, 0.25) is 6.10 Å². The van der Waals surface area contributed by atoms with Crippen LogP contribution in [-0.2, 0) is 9.53 Å². The molecule has 0 radical (unpaired) electrons. The fraction of sp³-hybridized carbons (Fsp3) is 0.364. The molecule has 1 unspecified atom stereocenters. The van der Waals surface area contributed by atoms with Crippen molar-refractivity contribution in [1.29, 1.82) is 0 Å². The first-order chi connectivity index (χ1) is 13.7. The normalized spacial score (nSPS) is 18.3. The highest BCUT2D eigenvalue weighted by molar-refractivity contribution is 8.16. The Kier molecular flexibility index (Phi) is 6.27. The van der Waals surface area contributed by atoms with Crippen LogP contribution in [0, 0.1) is 0 Å². The summed E-state index contributed by atoms with van der Waals surface area (Å²) in [6.45, 7) is 0. The van der Waals surface area contributed by atoms with Gasteiger partial charge in [0, 0.05) is 11.6 Å². The van der Waals surface area contributed by atoms with Crippen molar-refractivity contribution in [2.45, 2.75) is 36.0 Å². The second kappa shape index (κ2) is 9.05. The lowest BCUT2D eigenvalue weighted by Gasteiger charge is -2.21. The van der Waals surface area contributed by atoms with Crippen LogP contribution in [0.4, 0.5) is 0 Å². The van der Waals surface area contributed by atoms with E-state index in [0.717, 1.165) is 12.8 Å². The van der Waals surface area contributed by atoms with Gasteiger partial charge in [-0.25, -0.2) is 4.79 Å². The number of amides is 1. The number of benzene rings is 2. The fourth-order valence-electron chi connectivity index (χ4n) is 3.04. The lowest BCUT2D eigenvalue weighted by Crippen LogP contribution is -2.33. The second-order valence-corrected chi connectivity index (χ2v) is 9.75. The van der Waals surface area contributed by atoms with Crippen LogP contribution in [0.25, 0.3) is 0 Å². The van der Waals surface area contributed by atoms with E-state index in [9.17, 15) is 9.59 Å². The number of thioether (sulfide) groups is 2. The molecule has 0 spiro atoms. The maximum absolute atomic E-state index is 12.7. The summed E-state index contributed by atoms with van der Waals surface area (Å²) in [7, 11) is 0. The summed E-state index contributed by atoms with van der Waals surface area (Å²) < 4.78 is 6.07. The van der Waals surface area contributed by atoms with Gasteiger partial charge >= 0.3 is 5.97 Å². The number of esters is 1. The summed E-state index contributed by atoms with van der Waals surface area (Å²) >= 11 is 3.90. The predicted molar refractivity (Wildman–Crippen MR) is 114 cm³/mol. The molecule has 28 heavy (non-hydrogen) atoms. The Morgan fingerprint density at radius 1 is 0.964 bits per heavy atom. The molecule has 0 bridgehead atoms. The fourth-order valence-corrected chi connectivity index (χ4v) is 5.93. The molecule has 1 amide bonds. The van der Waals surface area contributed by atoms with Crippen LogP contribution in [0.15, 0.2) is 54.6 Å². The van der Waals surface area contributed by atoms with Gasteiger partial charge in [0.1, 0.15) is 0 Å². The van der Waals surface area contributed by atoms with E-state index in [1.807, 2.05) is 66.0 Å². The van der Waals surface area contributed by atoms with Crippen LogP contribution in [-0.4, -0.2) is 29.4 Å². The Hall–Kier alpha value is -1.92. The zero-order chi connectivity index (χ0) is 19.3. The van der Waals surface area contributed by atoms with Crippen LogP contribution >= 0.6 is 23.5 Å². The first-order valence-electron chi connectivity index (χ1n) is 9.60. The van der Waals surface area contributed by atoms with Gasteiger partial charge in [-0.3, -0.25) is 4.79 Å². The minimum atomic E-state index is -0.932. The van der Waals surface area contributed by atoms with Crippen molar-refractivity contribution in [1.82, 2.24) is 5.32 Å². The molecule has 1 atom stereocenters. The van der Waals surface area contributed by atoms with Crippen LogP contribution in [0.2, 0.25) is 0 Å². The summed E-state index contributed by atoms with van der Waals surface area (Å²) in [6.07, 6.45) is 2.29. The SMILES string of the molecule is O=C(OC(C(=O)NC1CC1)c1ccccc1)c1ccc(C2SCCCS2)cc1. The predicted octanol–water partition coefficient (Wildman–Crippen LogP) is 4.73. The average molecular weight is 414 g/mol. The van der Waals surface area contributed by atoms with Gasteiger partial charge in [-0.05, 0) is 48.5 Å². The number of hydrogen-bond donors (Lipinski definition) is 1. The van der Waals surface area contributed by atoms with Crippen LogP contribution in [0.1, 0.15) is 51.4 Å². The number of carbonyl (C=O) groups excluding carboxylic acids is 2. The van der Waals surface area contributed by atoms with E-state index < -0.39 is 12.1 Å². The number of ether oxygens (including phenoxy) is 1. The third kappa shape index (κ3) is 4.92. The number of nitrogens with one attached hydrogen (secondary N) is 1. The third-order valence-corrected chi connectivity index (χ3v) is 7.75. The monoisotopic (exact) mass is 413 g/mol. The molecular formula is C22H23NO3S2. The molecule has 1 heterocycles. The smallest absolute Gasteiger partial charge is 0.339 e. The van der Waals surface area contributed by atoms with E-state index in [1.165, 1.54) is 23.5 Å². The summed E-state index contributed by atoms with van der Waals surface area (Å²) in [4.78, 5) is 25.3. The van der Waals surface area contributed by atoms with Crippen molar-refractivity contribution >= 4 is 35.4 Å². The van der Waals surface area contributed by atoms with Crippen molar-refractivity contribution in [2.75, 3.05) is 11.5 Å². The van der Waals surface area contributed by atoms with E-state index in [4.69, 9.17) is 4.74 Å². The Labute approximate surface area is 173 Å². The van der Waals surface area contributed by atoms with Crippen molar-refractivity contribution in [3.05, 3.63) is 71.3 Å². The average Bonchev–Trinajstić information content (AvgIpc) is 3.57. The maximum Gasteiger partial charge on any atom is 0.339 e. The molecule has 2 fully saturated rings. The lowest BCUT2D eigenvalue weighted by atomic mass is 10.1. The lowest BCUT2D eigenvalue weighted by molar-refractivity contribution is -0.130. The highest BCUT2D eigenvalue weighted by Gasteiger charge is 2.31. The van der Waals surface area contributed by atoms with E-state index >= 15 is 0 Å². The number of carbonyl (C=O) groups is 2. The molecule has 1 saturated heterocycles. The van der Waals surface area contributed by atoms with Crippen molar-refractivity contribution in [2.24, 2.45) is 0 Å². The minimum absolute atomic E-state index is 0.210. The molecule has 1 saturated carbocycles. The summed E-state index contributed by atoms with van der Waals surface area (Å²) in [5.74, 6) is 1.62. The second-order valence-electron chi connectivity index (χ2n) is 7.03. The molecular weight excluding hydrogens is 390 g/mol. The van der Waals surface area contributed by atoms with Crippen molar-refractivity contribution in [3.8, 4) is 0 Å². The van der Waals surface area contributed by atoms with Gasteiger partial charge in [0.25, 0.3) is 5.91 Å². The van der Waals surface area contributed by atoms with Gasteiger partial charge < -0.3 is 10.1 Å². The standard InChI is InChI=1S/C22H23NO3S2/c24-20(23-18-11-12-18)19(15-5-2-1-3-6-15)26-21(25)16-7-9-17(10-8-16)22-27-13-4-14-28-22/h1-3,5-10,18-19,22H,4,11-14H2,(H,23,24). The molecule has 4 nitrogen and oxygen atoms in total. The van der Waals surface area contributed by atoms with Crippen molar-refractivity contribution in [3.63, 3.8) is 0 Å². The molecule has 2 aromatic rings. The number of rotatable bonds is 6. The zero-order valence-corrected chi connectivity index (χ0v) is 17.1. The molecule has 2 aliphatic rings. The Morgan fingerprint density at radius 3 is 2.29 bits per heavy atom. The van der Waals surface area contributed by atoms with E-state index in [1.54, 1.807) is 12.1 Å². The van der Waals surface area contributed by atoms with Gasteiger partial charge in [-0.2, -0.15) is 0 Å².